The van der Waals surface area contributed by atoms with E-state index < -0.39 is 0 Å². The van der Waals surface area contributed by atoms with E-state index in [0.717, 1.165) is 5.92 Å². The number of hydrogen-bond donors (Lipinski definition) is 0. The molecule has 0 aliphatic heterocycles. The van der Waals surface area contributed by atoms with Crippen LogP contribution in [0.4, 0.5) is 0 Å². The lowest BCUT2D eigenvalue weighted by molar-refractivity contribution is 0.361. The summed E-state index contributed by atoms with van der Waals surface area (Å²) in [5.41, 5.74) is 0. The third-order valence-electron chi connectivity index (χ3n) is 2.28. The molecule has 1 saturated carbocycles. The Morgan fingerprint density at radius 1 is 1.20 bits per heavy atom. The molecule has 0 saturated heterocycles. The highest BCUT2D eigenvalue weighted by molar-refractivity contribution is 9.11. The van der Waals surface area contributed by atoms with Crippen molar-refractivity contribution < 1.29 is 0 Å². The first-order valence-corrected chi connectivity index (χ1v) is 5.10. The lowest BCUT2D eigenvalue weighted by atomic mass is 9.87. The molecule has 1 fully saturated rings. The van der Waals surface area contributed by atoms with Crippen LogP contribution in [0.3, 0.4) is 0 Å². The van der Waals surface area contributed by atoms with Gasteiger partial charge in [-0.2, -0.15) is 0 Å². The van der Waals surface area contributed by atoms with E-state index >= 15 is 0 Å². The van der Waals surface area contributed by atoms with Crippen LogP contribution in [0.2, 0.25) is 0 Å². The fourth-order valence-corrected chi connectivity index (χ4v) is 1.88. The van der Waals surface area contributed by atoms with E-state index in [2.05, 4.69) is 22.0 Å². The van der Waals surface area contributed by atoms with Crippen LogP contribution in [0.25, 0.3) is 0 Å². The van der Waals surface area contributed by atoms with E-state index in [1.807, 2.05) is 4.99 Å². The minimum Gasteiger partial charge on any atom is -0.0773 e. The summed E-state index contributed by atoms with van der Waals surface area (Å²) in [5.74, 6) is 0.988. The minimum absolute atomic E-state index is 0.988. The largest absolute Gasteiger partial charge is 0.0773 e. The van der Waals surface area contributed by atoms with Crippen molar-refractivity contribution in [1.82, 2.24) is 0 Å². The Labute approximate surface area is 71.8 Å². The normalized spacial score (nSPS) is 22.1. The molecule has 1 rings (SSSR count). The molecule has 0 spiro atoms. The SMILES string of the molecule is BrC=CCC1CCCCC1. The van der Waals surface area contributed by atoms with Crippen LogP contribution in [-0.4, -0.2) is 0 Å². The molecule has 0 heterocycles. The first kappa shape index (κ1) is 8.32. The van der Waals surface area contributed by atoms with Gasteiger partial charge >= 0.3 is 0 Å². The molecule has 0 N–H and O–H groups in total. The second kappa shape index (κ2) is 4.95. The van der Waals surface area contributed by atoms with Crippen LogP contribution in [-0.2, 0) is 0 Å². The number of rotatable bonds is 2. The molecule has 0 aromatic heterocycles. The van der Waals surface area contributed by atoms with Crippen LogP contribution in [0.15, 0.2) is 11.1 Å². The highest BCUT2D eigenvalue weighted by atomic mass is 79.9. The highest BCUT2D eigenvalue weighted by Crippen LogP contribution is 2.26. The standard InChI is InChI=1S/C9H15Br/c10-8-4-7-9-5-2-1-3-6-9/h4,8-9H,1-3,5-7H2. The maximum Gasteiger partial charge on any atom is -0.0229 e. The van der Waals surface area contributed by atoms with Gasteiger partial charge in [0.25, 0.3) is 0 Å². The molecule has 10 heavy (non-hydrogen) atoms. The summed E-state index contributed by atoms with van der Waals surface area (Å²) in [5, 5.41) is 0. The fourth-order valence-electron chi connectivity index (χ4n) is 1.67. The summed E-state index contributed by atoms with van der Waals surface area (Å²) >= 11 is 3.30. The molecule has 0 aromatic rings. The van der Waals surface area contributed by atoms with Crippen LogP contribution in [0.1, 0.15) is 38.5 Å². The van der Waals surface area contributed by atoms with Crippen molar-refractivity contribution in [1.29, 1.82) is 0 Å². The van der Waals surface area contributed by atoms with Crippen molar-refractivity contribution >= 4 is 15.9 Å². The van der Waals surface area contributed by atoms with Crippen molar-refractivity contribution in [3.63, 3.8) is 0 Å². The van der Waals surface area contributed by atoms with Crippen LogP contribution < -0.4 is 0 Å². The van der Waals surface area contributed by atoms with Gasteiger partial charge in [0.1, 0.15) is 0 Å². The topological polar surface area (TPSA) is 0 Å². The van der Waals surface area contributed by atoms with E-state index in [4.69, 9.17) is 0 Å². The molecule has 1 aliphatic carbocycles. The zero-order valence-electron chi connectivity index (χ0n) is 6.35. The summed E-state index contributed by atoms with van der Waals surface area (Å²) in [7, 11) is 0. The molecule has 0 unspecified atom stereocenters. The Bertz CT molecular complexity index is 101. The van der Waals surface area contributed by atoms with Gasteiger partial charge in [-0.05, 0) is 17.3 Å². The van der Waals surface area contributed by atoms with Gasteiger partial charge in [0.15, 0.2) is 0 Å². The summed E-state index contributed by atoms with van der Waals surface area (Å²) in [6.07, 6.45) is 10.8. The average molecular weight is 203 g/mol. The maximum atomic E-state index is 3.30. The molecule has 58 valence electrons. The third-order valence-corrected chi connectivity index (χ3v) is 2.66. The monoisotopic (exact) mass is 202 g/mol. The molecular weight excluding hydrogens is 188 g/mol. The first-order valence-electron chi connectivity index (χ1n) is 4.18. The predicted octanol–water partition coefficient (Wildman–Crippen LogP) is 3.87. The summed E-state index contributed by atoms with van der Waals surface area (Å²) < 4.78 is 0. The Balaban J connectivity index is 2.13. The Hall–Kier alpha value is 0.220. The smallest absolute Gasteiger partial charge is 0.0229 e. The molecule has 0 amide bonds. The molecular formula is C9H15Br. The van der Waals surface area contributed by atoms with Gasteiger partial charge in [-0.25, -0.2) is 0 Å². The molecule has 0 radical (unpaired) electrons. The van der Waals surface area contributed by atoms with E-state index in [1.54, 1.807) is 0 Å². The summed E-state index contributed by atoms with van der Waals surface area (Å²) in [4.78, 5) is 1.99. The van der Waals surface area contributed by atoms with Crippen LogP contribution in [0, 0.1) is 5.92 Å². The number of allylic oxidation sites excluding steroid dienone is 1. The van der Waals surface area contributed by atoms with Crippen LogP contribution >= 0.6 is 15.9 Å². The maximum absolute atomic E-state index is 3.30. The zero-order chi connectivity index (χ0) is 7.23. The molecule has 0 aromatic carbocycles. The van der Waals surface area contributed by atoms with E-state index in [-0.39, 0.29) is 0 Å². The van der Waals surface area contributed by atoms with Crippen molar-refractivity contribution in [2.45, 2.75) is 38.5 Å². The Morgan fingerprint density at radius 2 is 1.90 bits per heavy atom. The van der Waals surface area contributed by atoms with Gasteiger partial charge in [0, 0.05) is 0 Å². The van der Waals surface area contributed by atoms with E-state index in [1.165, 1.54) is 38.5 Å². The minimum atomic E-state index is 0.988. The van der Waals surface area contributed by atoms with Crippen molar-refractivity contribution in [3.8, 4) is 0 Å². The third kappa shape index (κ3) is 2.87. The van der Waals surface area contributed by atoms with Gasteiger partial charge in [-0.1, -0.05) is 54.1 Å². The Kier molecular flexibility index (Phi) is 4.12. The second-order valence-electron chi connectivity index (χ2n) is 3.10. The fraction of sp³-hybridized carbons (Fsp3) is 0.778. The quantitative estimate of drug-likeness (QED) is 0.639. The van der Waals surface area contributed by atoms with E-state index in [9.17, 15) is 0 Å². The highest BCUT2D eigenvalue weighted by Gasteiger charge is 2.10. The van der Waals surface area contributed by atoms with E-state index in [0.29, 0.717) is 0 Å². The molecule has 0 nitrogen and oxygen atoms in total. The number of halogens is 1. The lowest BCUT2D eigenvalue weighted by Gasteiger charge is -2.19. The predicted molar refractivity (Wildman–Crippen MR) is 49.3 cm³/mol. The summed E-state index contributed by atoms with van der Waals surface area (Å²) in [6.45, 7) is 0. The van der Waals surface area contributed by atoms with Crippen molar-refractivity contribution in [3.05, 3.63) is 11.1 Å². The van der Waals surface area contributed by atoms with Crippen LogP contribution in [0.5, 0.6) is 0 Å². The van der Waals surface area contributed by atoms with Crippen molar-refractivity contribution in [2.24, 2.45) is 5.92 Å². The van der Waals surface area contributed by atoms with Gasteiger partial charge in [0.05, 0.1) is 0 Å². The molecule has 0 bridgehead atoms. The Morgan fingerprint density at radius 3 is 2.50 bits per heavy atom. The van der Waals surface area contributed by atoms with Gasteiger partial charge < -0.3 is 0 Å². The second-order valence-corrected chi connectivity index (χ2v) is 3.63. The van der Waals surface area contributed by atoms with Gasteiger partial charge in [-0.15, -0.1) is 0 Å². The molecule has 0 atom stereocenters. The van der Waals surface area contributed by atoms with Gasteiger partial charge in [0.2, 0.25) is 0 Å². The zero-order valence-corrected chi connectivity index (χ0v) is 7.94. The average Bonchev–Trinajstić information content (AvgIpc) is 2.03. The van der Waals surface area contributed by atoms with Gasteiger partial charge in [-0.3, -0.25) is 0 Å². The molecule has 1 aliphatic rings. The number of hydrogen-bond acceptors (Lipinski definition) is 0. The lowest BCUT2D eigenvalue weighted by Crippen LogP contribution is -2.04. The first-order chi connectivity index (χ1) is 4.93. The molecule has 1 heteroatoms. The van der Waals surface area contributed by atoms with Crippen molar-refractivity contribution in [2.75, 3.05) is 0 Å². The summed E-state index contributed by atoms with van der Waals surface area (Å²) in [6, 6.07) is 0.